The van der Waals surface area contributed by atoms with E-state index in [1.165, 1.54) is 56.1 Å². The van der Waals surface area contributed by atoms with Gasteiger partial charge in [0.1, 0.15) is 0 Å². The molecular formula is C31H48. The van der Waals surface area contributed by atoms with E-state index >= 15 is 0 Å². The third kappa shape index (κ3) is 3.83. The summed E-state index contributed by atoms with van der Waals surface area (Å²) < 4.78 is 0. The van der Waals surface area contributed by atoms with Crippen molar-refractivity contribution in [2.45, 2.75) is 111 Å². The summed E-state index contributed by atoms with van der Waals surface area (Å²) in [7, 11) is 0. The summed E-state index contributed by atoms with van der Waals surface area (Å²) in [6.07, 6.45) is 19.5. The van der Waals surface area contributed by atoms with Crippen LogP contribution in [0, 0.1) is 53.3 Å². The maximum atomic E-state index is 2.75. The highest BCUT2D eigenvalue weighted by atomic mass is 14.6. The summed E-state index contributed by atoms with van der Waals surface area (Å²) in [5, 5.41) is 0. The Morgan fingerprint density at radius 1 is 0.839 bits per heavy atom. The van der Waals surface area contributed by atoms with Gasteiger partial charge in [-0.1, -0.05) is 69.9 Å². The minimum atomic E-state index is 0.641. The number of hydrogen-bond acceptors (Lipinski definition) is 0. The van der Waals surface area contributed by atoms with E-state index in [0.717, 1.165) is 35.5 Å². The second kappa shape index (κ2) is 8.53. The van der Waals surface area contributed by atoms with E-state index in [4.69, 9.17) is 0 Å². The zero-order chi connectivity index (χ0) is 21.6. The zero-order valence-electron chi connectivity index (χ0n) is 21.0. The first kappa shape index (κ1) is 22.0. The van der Waals surface area contributed by atoms with E-state index in [1.807, 2.05) is 0 Å². The molecule has 8 atom stereocenters. The monoisotopic (exact) mass is 420 g/mol. The summed E-state index contributed by atoms with van der Waals surface area (Å²) in [4.78, 5) is 0. The van der Waals surface area contributed by atoms with Crippen LogP contribution in [0.5, 0.6) is 0 Å². The van der Waals surface area contributed by atoms with Gasteiger partial charge >= 0.3 is 0 Å². The van der Waals surface area contributed by atoms with Crippen molar-refractivity contribution in [3.63, 3.8) is 0 Å². The standard InChI is InChI=1S/C31H48/c1-22-11-13-24(14-12-22)9-7-8-23(2)27-17-18-28-26-16-15-25-10-5-6-20-30(25,3)29(26)19-21-31(27,28)4/h11-14,23,25-29H,5-10,15-21H2,1-4H3. The third-order valence-electron chi connectivity index (χ3n) is 11.6. The zero-order valence-corrected chi connectivity index (χ0v) is 21.0. The molecule has 31 heavy (non-hydrogen) atoms. The van der Waals surface area contributed by atoms with Crippen molar-refractivity contribution < 1.29 is 0 Å². The van der Waals surface area contributed by atoms with Crippen LogP contribution >= 0.6 is 0 Å². The van der Waals surface area contributed by atoms with Gasteiger partial charge in [-0.3, -0.25) is 0 Å². The molecule has 4 saturated carbocycles. The fraction of sp³-hybridized carbons (Fsp3) is 0.806. The van der Waals surface area contributed by atoms with Gasteiger partial charge in [-0.25, -0.2) is 0 Å². The molecule has 4 fully saturated rings. The van der Waals surface area contributed by atoms with E-state index in [1.54, 1.807) is 38.5 Å². The summed E-state index contributed by atoms with van der Waals surface area (Å²) >= 11 is 0. The Labute approximate surface area is 193 Å². The number of rotatable bonds is 5. The smallest absolute Gasteiger partial charge is 0.0264 e. The van der Waals surface area contributed by atoms with Gasteiger partial charge < -0.3 is 0 Å². The molecule has 0 N–H and O–H groups in total. The molecule has 0 radical (unpaired) electrons. The lowest BCUT2D eigenvalue weighted by molar-refractivity contribution is -0.114. The second-order valence-corrected chi connectivity index (χ2v) is 13.0. The van der Waals surface area contributed by atoms with Crippen LogP contribution in [-0.4, -0.2) is 0 Å². The number of aryl methyl sites for hydroxylation is 2. The van der Waals surface area contributed by atoms with Gasteiger partial charge in [0.25, 0.3) is 0 Å². The van der Waals surface area contributed by atoms with Gasteiger partial charge in [-0.2, -0.15) is 0 Å². The molecule has 0 heteroatoms. The molecule has 0 bridgehead atoms. The summed E-state index contributed by atoms with van der Waals surface area (Å²) in [6.45, 7) is 10.3. The van der Waals surface area contributed by atoms with Crippen LogP contribution in [0.15, 0.2) is 24.3 Å². The van der Waals surface area contributed by atoms with Gasteiger partial charge in [-0.15, -0.1) is 0 Å². The van der Waals surface area contributed by atoms with Crippen LogP contribution in [0.3, 0.4) is 0 Å². The molecule has 4 aliphatic carbocycles. The van der Waals surface area contributed by atoms with Gasteiger partial charge in [0.05, 0.1) is 0 Å². The van der Waals surface area contributed by atoms with Crippen LogP contribution in [0.4, 0.5) is 0 Å². The van der Waals surface area contributed by atoms with Gasteiger partial charge in [0.2, 0.25) is 0 Å². The van der Waals surface area contributed by atoms with Crippen molar-refractivity contribution >= 4 is 0 Å². The van der Waals surface area contributed by atoms with Gasteiger partial charge in [-0.05, 0) is 123 Å². The Balaban J connectivity index is 1.23. The first-order chi connectivity index (χ1) is 14.9. The molecule has 0 heterocycles. The van der Waals surface area contributed by atoms with Crippen molar-refractivity contribution in [3.05, 3.63) is 35.4 Å². The van der Waals surface area contributed by atoms with Crippen molar-refractivity contribution in [2.75, 3.05) is 0 Å². The predicted molar refractivity (Wildman–Crippen MR) is 133 cm³/mol. The Bertz CT molecular complexity index is 746. The van der Waals surface area contributed by atoms with Gasteiger partial charge in [0, 0.05) is 0 Å². The predicted octanol–water partition coefficient (Wildman–Crippen LogP) is 9.00. The fourth-order valence-corrected chi connectivity index (χ4v) is 9.85. The molecule has 0 saturated heterocycles. The maximum Gasteiger partial charge on any atom is -0.0264 e. The summed E-state index contributed by atoms with van der Waals surface area (Å²) in [6, 6.07) is 9.25. The Kier molecular flexibility index (Phi) is 6.07. The van der Waals surface area contributed by atoms with E-state index < -0.39 is 0 Å². The third-order valence-corrected chi connectivity index (χ3v) is 11.6. The number of fused-ring (bicyclic) bond motifs is 5. The molecule has 1 aromatic carbocycles. The average molecular weight is 421 g/mol. The number of hydrogen-bond donors (Lipinski definition) is 0. The van der Waals surface area contributed by atoms with Crippen LogP contribution in [-0.2, 0) is 6.42 Å². The van der Waals surface area contributed by atoms with E-state index in [9.17, 15) is 0 Å². The molecule has 0 amide bonds. The SMILES string of the molecule is Cc1ccc(CCCC(C)C2CCC3C4CCC5CCCCC5(C)C4CCC23C)cc1. The number of benzene rings is 1. The van der Waals surface area contributed by atoms with E-state index in [-0.39, 0.29) is 0 Å². The largest absolute Gasteiger partial charge is 0.0622 e. The molecule has 8 unspecified atom stereocenters. The minimum Gasteiger partial charge on any atom is -0.0622 e. The van der Waals surface area contributed by atoms with Crippen molar-refractivity contribution in [3.8, 4) is 0 Å². The van der Waals surface area contributed by atoms with Crippen LogP contribution < -0.4 is 0 Å². The molecule has 5 rings (SSSR count). The topological polar surface area (TPSA) is 0 Å². The first-order valence-corrected chi connectivity index (χ1v) is 14.0. The first-order valence-electron chi connectivity index (χ1n) is 14.0. The molecule has 0 aliphatic heterocycles. The molecular weight excluding hydrogens is 372 g/mol. The summed E-state index contributed by atoms with van der Waals surface area (Å²) in [5.74, 6) is 6.09. The molecule has 0 spiro atoms. The van der Waals surface area contributed by atoms with Crippen molar-refractivity contribution in [2.24, 2.45) is 46.3 Å². The molecule has 172 valence electrons. The summed E-state index contributed by atoms with van der Waals surface area (Å²) in [5.41, 5.74) is 4.25. The molecule has 1 aromatic rings. The highest BCUT2D eigenvalue weighted by Gasteiger charge is 2.59. The quantitative estimate of drug-likeness (QED) is 0.446. The van der Waals surface area contributed by atoms with E-state index in [2.05, 4.69) is 52.0 Å². The lowest BCUT2D eigenvalue weighted by atomic mass is 9.44. The Hall–Kier alpha value is -0.780. The normalized spacial score (nSPS) is 43.0. The fourth-order valence-electron chi connectivity index (χ4n) is 9.85. The average Bonchev–Trinajstić information content (AvgIpc) is 3.12. The maximum absolute atomic E-state index is 2.75. The molecule has 0 nitrogen and oxygen atoms in total. The Morgan fingerprint density at radius 3 is 2.42 bits per heavy atom. The van der Waals surface area contributed by atoms with Crippen LogP contribution in [0.1, 0.15) is 109 Å². The van der Waals surface area contributed by atoms with Crippen LogP contribution in [0.25, 0.3) is 0 Å². The van der Waals surface area contributed by atoms with Crippen molar-refractivity contribution in [1.82, 2.24) is 0 Å². The highest BCUT2D eigenvalue weighted by Crippen LogP contribution is 2.68. The minimum absolute atomic E-state index is 0.641. The van der Waals surface area contributed by atoms with E-state index in [0.29, 0.717) is 10.8 Å². The molecule has 4 aliphatic rings. The second-order valence-electron chi connectivity index (χ2n) is 13.0. The lowest BCUT2D eigenvalue weighted by Gasteiger charge is -2.61. The van der Waals surface area contributed by atoms with Crippen molar-refractivity contribution in [1.29, 1.82) is 0 Å². The highest BCUT2D eigenvalue weighted by molar-refractivity contribution is 5.21. The molecule has 0 aromatic heterocycles. The lowest BCUT2D eigenvalue weighted by Crippen LogP contribution is -2.53. The Morgan fingerprint density at radius 2 is 1.61 bits per heavy atom. The van der Waals surface area contributed by atoms with Crippen LogP contribution in [0.2, 0.25) is 0 Å². The van der Waals surface area contributed by atoms with Gasteiger partial charge in [0.15, 0.2) is 0 Å².